The molecule has 5 rings (SSSR count). The van der Waals surface area contributed by atoms with Crippen molar-refractivity contribution in [3.05, 3.63) is 54.6 Å². The van der Waals surface area contributed by atoms with Gasteiger partial charge in [-0.25, -0.2) is 4.98 Å². The van der Waals surface area contributed by atoms with Gasteiger partial charge in [0.1, 0.15) is 23.4 Å². The van der Waals surface area contributed by atoms with Crippen LogP contribution in [0.1, 0.15) is 23.7 Å². The van der Waals surface area contributed by atoms with Gasteiger partial charge in [-0.1, -0.05) is 6.07 Å². The van der Waals surface area contributed by atoms with Crippen molar-refractivity contribution in [2.24, 2.45) is 7.05 Å². The average Bonchev–Trinajstić information content (AvgIpc) is 3.42. The summed E-state index contributed by atoms with van der Waals surface area (Å²) in [5.41, 5.74) is 5.15. The molecule has 4 aromatic rings. The third kappa shape index (κ3) is 3.19. The van der Waals surface area contributed by atoms with Crippen LogP contribution >= 0.6 is 0 Å². The van der Waals surface area contributed by atoms with Crippen LogP contribution in [-0.2, 0) is 7.05 Å². The highest BCUT2D eigenvalue weighted by atomic mass is 16.5. The van der Waals surface area contributed by atoms with E-state index < -0.39 is 0 Å². The molecule has 8 nitrogen and oxygen atoms in total. The lowest BCUT2D eigenvalue weighted by Crippen LogP contribution is -2.49. The lowest BCUT2D eigenvalue weighted by atomic mass is 10.0. The van der Waals surface area contributed by atoms with Gasteiger partial charge in [0.15, 0.2) is 0 Å². The van der Waals surface area contributed by atoms with Crippen LogP contribution in [0.3, 0.4) is 0 Å². The minimum absolute atomic E-state index is 0.0689. The van der Waals surface area contributed by atoms with E-state index in [1.54, 1.807) is 25.2 Å². The van der Waals surface area contributed by atoms with Gasteiger partial charge in [0.25, 0.3) is 5.91 Å². The van der Waals surface area contributed by atoms with Gasteiger partial charge >= 0.3 is 0 Å². The van der Waals surface area contributed by atoms with Gasteiger partial charge in [-0.15, -0.1) is 0 Å². The lowest BCUT2D eigenvalue weighted by Gasteiger charge is -2.39. The zero-order chi connectivity index (χ0) is 22.4. The molecule has 8 heteroatoms. The van der Waals surface area contributed by atoms with E-state index in [0.29, 0.717) is 17.1 Å². The number of fused-ring (bicyclic) bond motifs is 1. The summed E-state index contributed by atoms with van der Waals surface area (Å²) in [5, 5.41) is 4.25. The minimum atomic E-state index is -0.0689. The molecule has 164 valence electrons. The third-order valence-corrected chi connectivity index (χ3v) is 6.15. The van der Waals surface area contributed by atoms with E-state index >= 15 is 0 Å². The largest absolute Gasteiger partial charge is 0.496 e. The smallest absolute Gasteiger partial charge is 0.261 e. The Morgan fingerprint density at radius 2 is 1.84 bits per heavy atom. The van der Waals surface area contributed by atoms with Crippen LogP contribution in [0.2, 0.25) is 0 Å². The van der Waals surface area contributed by atoms with Crippen LogP contribution < -0.4 is 9.47 Å². The third-order valence-electron chi connectivity index (χ3n) is 6.15. The molecule has 1 saturated heterocycles. The minimum Gasteiger partial charge on any atom is -0.496 e. The molecule has 2 aromatic carbocycles. The van der Waals surface area contributed by atoms with Gasteiger partial charge in [-0.3, -0.25) is 14.0 Å². The quantitative estimate of drug-likeness (QED) is 0.482. The summed E-state index contributed by atoms with van der Waals surface area (Å²) >= 11 is 0. The number of carbonyl (C=O) groups excluding carboxylic acids is 1. The summed E-state index contributed by atoms with van der Waals surface area (Å²) in [7, 11) is 5.04. The fourth-order valence-corrected chi connectivity index (χ4v) is 4.18. The van der Waals surface area contributed by atoms with Crippen LogP contribution in [-0.4, -0.2) is 56.9 Å². The van der Waals surface area contributed by atoms with Crippen molar-refractivity contribution in [2.75, 3.05) is 20.8 Å². The average molecular weight is 431 g/mol. The fourth-order valence-electron chi connectivity index (χ4n) is 4.18. The van der Waals surface area contributed by atoms with Crippen molar-refractivity contribution in [1.82, 2.24) is 24.2 Å². The molecule has 0 N–H and O–H groups in total. The molecular weight excluding hydrogens is 406 g/mol. The van der Waals surface area contributed by atoms with E-state index in [2.05, 4.69) is 16.1 Å². The van der Waals surface area contributed by atoms with Gasteiger partial charge in [-0.05, 0) is 31.0 Å². The molecule has 0 radical (unpaired) electrons. The Hall–Kier alpha value is -3.81. The molecule has 1 unspecified atom stereocenters. The number of amides is 1. The number of methoxy groups -OCH3 is 2. The number of carbonyl (C=O) groups is 1. The number of benzene rings is 2. The standard InChI is InChI=1S/C24H25N5O3/c1-15-7-8-28(15)24(30)23-21(31-3)10-18(11-22(23)32-4)29-14-25-19-9-16(5-6-20(19)29)17-12-26-27(2)13-17/h5-6,9-15H,7-8H2,1-4H3. The number of hydrogen-bond acceptors (Lipinski definition) is 5. The maximum absolute atomic E-state index is 13.1. The van der Waals surface area contributed by atoms with Gasteiger partial charge in [0, 0.05) is 43.5 Å². The first kappa shape index (κ1) is 20.1. The number of hydrogen-bond donors (Lipinski definition) is 0. The van der Waals surface area contributed by atoms with Crippen LogP contribution in [0.4, 0.5) is 0 Å². The van der Waals surface area contributed by atoms with Crippen molar-refractivity contribution in [1.29, 1.82) is 0 Å². The second-order valence-electron chi connectivity index (χ2n) is 8.08. The molecule has 3 heterocycles. The maximum Gasteiger partial charge on any atom is 0.261 e. The Morgan fingerprint density at radius 1 is 1.09 bits per heavy atom. The Labute approximate surface area is 186 Å². The Kier molecular flexibility index (Phi) is 4.84. The van der Waals surface area contributed by atoms with Gasteiger partial charge < -0.3 is 14.4 Å². The molecular formula is C24H25N5O3. The second kappa shape index (κ2) is 7.71. The number of nitrogens with zero attached hydrogens (tertiary/aromatic N) is 5. The van der Waals surface area contributed by atoms with Gasteiger partial charge in [0.2, 0.25) is 0 Å². The Morgan fingerprint density at radius 3 is 2.41 bits per heavy atom. The monoisotopic (exact) mass is 431 g/mol. The molecule has 32 heavy (non-hydrogen) atoms. The van der Waals surface area contributed by atoms with Gasteiger partial charge in [0.05, 0.1) is 37.1 Å². The predicted octanol–water partition coefficient (Wildman–Crippen LogP) is 3.68. The summed E-state index contributed by atoms with van der Waals surface area (Å²) in [4.78, 5) is 19.6. The first-order chi connectivity index (χ1) is 15.5. The molecule has 0 saturated carbocycles. The molecule has 1 aliphatic rings. The molecule has 1 aliphatic heterocycles. The molecule has 1 fully saturated rings. The van der Waals surface area contributed by atoms with Crippen LogP contribution in [0, 0.1) is 0 Å². The number of aryl methyl sites for hydroxylation is 1. The van der Waals surface area contributed by atoms with Crippen molar-refractivity contribution < 1.29 is 14.3 Å². The van der Waals surface area contributed by atoms with Crippen molar-refractivity contribution in [3.8, 4) is 28.3 Å². The molecule has 0 aliphatic carbocycles. The number of imidazole rings is 1. The number of aromatic nitrogens is 4. The molecule has 2 aromatic heterocycles. The number of likely N-dealkylation sites (tertiary alicyclic amines) is 1. The zero-order valence-electron chi connectivity index (χ0n) is 18.6. The number of ether oxygens (including phenoxy) is 2. The van der Waals surface area contributed by atoms with Crippen molar-refractivity contribution >= 4 is 16.9 Å². The number of rotatable bonds is 5. The normalized spacial score (nSPS) is 15.6. The first-order valence-electron chi connectivity index (χ1n) is 10.5. The highest BCUT2D eigenvalue weighted by Crippen LogP contribution is 2.36. The lowest BCUT2D eigenvalue weighted by molar-refractivity contribution is 0.0495. The van der Waals surface area contributed by atoms with Crippen molar-refractivity contribution in [3.63, 3.8) is 0 Å². The fraction of sp³-hybridized carbons (Fsp3) is 0.292. The second-order valence-corrected chi connectivity index (χ2v) is 8.08. The Bertz CT molecular complexity index is 1300. The highest BCUT2D eigenvalue weighted by Gasteiger charge is 2.33. The molecule has 0 spiro atoms. The SMILES string of the molecule is COc1cc(-n2cnc3cc(-c4cnn(C)c4)ccc32)cc(OC)c1C(=O)N1CCC1C. The van der Waals surface area contributed by atoms with E-state index in [1.807, 2.05) is 60.1 Å². The van der Waals surface area contributed by atoms with Crippen LogP contribution in [0.5, 0.6) is 11.5 Å². The van der Waals surface area contributed by atoms with Crippen LogP contribution in [0.25, 0.3) is 27.8 Å². The predicted molar refractivity (Wildman–Crippen MR) is 121 cm³/mol. The summed E-state index contributed by atoms with van der Waals surface area (Å²) in [6.45, 7) is 2.80. The van der Waals surface area contributed by atoms with E-state index in [0.717, 1.165) is 40.8 Å². The molecule has 1 amide bonds. The van der Waals surface area contributed by atoms with E-state index in [-0.39, 0.29) is 11.9 Å². The van der Waals surface area contributed by atoms with Gasteiger partial charge in [-0.2, -0.15) is 5.10 Å². The summed E-state index contributed by atoms with van der Waals surface area (Å²) in [6.07, 6.45) is 6.59. The molecule has 1 atom stereocenters. The molecule has 0 bridgehead atoms. The van der Waals surface area contributed by atoms with E-state index in [1.165, 1.54) is 0 Å². The van der Waals surface area contributed by atoms with E-state index in [9.17, 15) is 4.79 Å². The highest BCUT2D eigenvalue weighted by molar-refractivity contribution is 6.01. The topological polar surface area (TPSA) is 74.4 Å². The van der Waals surface area contributed by atoms with E-state index in [4.69, 9.17) is 9.47 Å². The maximum atomic E-state index is 13.1. The van der Waals surface area contributed by atoms with Crippen molar-refractivity contribution in [2.45, 2.75) is 19.4 Å². The summed E-state index contributed by atoms with van der Waals surface area (Å²) in [5.74, 6) is 0.898. The van der Waals surface area contributed by atoms with Crippen LogP contribution in [0.15, 0.2) is 49.1 Å². The summed E-state index contributed by atoms with van der Waals surface area (Å²) < 4.78 is 15.0. The summed E-state index contributed by atoms with van der Waals surface area (Å²) in [6, 6.07) is 10.1. The Balaban J connectivity index is 1.58. The zero-order valence-corrected chi connectivity index (χ0v) is 18.6. The first-order valence-corrected chi connectivity index (χ1v) is 10.5.